The average molecular weight is 292 g/mol. The average Bonchev–Trinajstić information content (AvgIpc) is 2.82. The zero-order chi connectivity index (χ0) is 13.2. The third-order valence-electron chi connectivity index (χ3n) is 2.96. The molecule has 0 saturated carbocycles. The van der Waals surface area contributed by atoms with Crippen LogP contribution in [0.25, 0.3) is 10.9 Å². The topological polar surface area (TPSA) is 40.7 Å². The van der Waals surface area contributed by atoms with Crippen LogP contribution < -0.4 is 5.32 Å². The van der Waals surface area contributed by atoms with Gasteiger partial charge in [-0.1, -0.05) is 41.4 Å². The van der Waals surface area contributed by atoms with Crippen molar-refractivity contribution in [2.45, 2.75) is 6.54 Å². The van der Waals surface area contributed by atoms with Gasteiger partial charge in [-0.05, 0) is 24.3 Å². The van der Waals surface area contributed by atoms with Crippen LogP contribution >= 0.6 is 23.2 Å². The molecule has 96 valence electrons. The minimum absolute atomic E-state index is 0.535. The van der Waals surface area contributed by atoms with Gasteiger partial charge in [0.1, 0.15) is 0 Å². The van der Waals surface area contributed by atoms with Crippen molar-refractivity contribution in [2.24, 2.45) is 0 Å². The zero-order valence-electron chi connectivity index (χ0n) is 9.95. The van der Waals surface area contributed by atoms with Crippen LogP contribution in [0.4, 0.5) is 5.82 Å². The van der Waals surface area contributed by atoms with Gasteiger partial charge in [0, 0.05) is 27.5 Å². The summed E-state index contributed by atoms with van der Waals surface area (Å²) in [6.45, 7) is 0.535. The van der Waals surface area contributed by atoms with Gasteiger partial charge >= 0.3 is 0 Å². The van der Waals surface area contributed by atoms with E-state index >= 15 is 0 Å². The van der Waals surface area contributed by atoms with Gasteiger partial charge < -0.3 is 5.32 Å². The quantitative estimate of drug-likeness (QED) is 0.747. The summed E-state index contributed by atoms with van der Waals surface area (Å²) in [5.41, 5.74) is 1.87. The van der Waals surface area contributed by atoms with E-state index in [9.17, 15) is 0 Å². The molecule has 2 aromatic carbocycles. The summed E-state index contributed by atoms with van der Waals surface area (Å²) < 4.78 is 0. The molecule has 0 atom stereocenters. The Morgan fingerprint density at radius 3 is 2.53 bits per heavy atom. The number of nitrogens with one attached hydrogen (secondary N) is 2. The molecule has 2 N–H and O–H groups in total. The minimum atomic E-state index is 0.535. The van der Waals surface area contributed by atoms with Gasteiger partial charge in [-0.15, -0.1) is 0 Å². The maximum absolute atomic E-state index is 6.14. The highest BCUT2D eigenvalue weighted by molar-refractivity contribution is 6.36. The van der Waals surface area contributed by atoms with E-state index in [1.807, 2.05) is 42.5 Å². The molecule has 3 aromatic rings. The van der Waals surface area contributed by atoms with Crippen LogP contribution in [0.15, 0.2) is 42.5 Å². The van der Waals surface area contributed by atoms with Gasteiger partial charge in [0.2, 0.25) is 0 Å². The maximum Gasteiger partial charge on any atom is 0.155 e. The first-order chi connectivity index (χ1) is 9.25. The number of H-pyrrole nitrogens is 1. The van der Waals surface area contributed by atoms with E-state index < -0.39 is 0 Å². The number of hydrogen-bond donors (Lipinski definition) is 2. The Bertz CT molecular complexity index is 701. The summed E-state index contributed by atoms with van der Waals surface area (Å²) in [5, 5.41) is 12.8. The lowest BCUT2D eigenvalue weighted by Gasteiger charge is -2.08. The molecule has 0 saturated heterocycles. The first kappa shape index (κ1) is 12.3. The third kappa shape index (κ3) is 2.39. The lowest BCUT2D eigenvalue weighted by Crippen LogP contribution is -2.01. The Balaban J connectivity index is 1.87. The largest absolute Gasteiger partial charge is 0.364 e. The van der Waals surface area contributed by atoms with Crippen molar-refractivity contribution in [1.82, 2.24) is 10.2 Å². The van der Waals surface area contributed by atoms with Crippen molar-refractivity contribution in [3.05, 3.63) is 58.1 Å². The summed E-state index contributed by atoms with van der Waals surface area (Å²) in [5.74, 6) is 0.798. The normalized spacial score (nSPS) is 10.8. The monoisotopic (exact) mass is 291 g/mol. The number of anilines is 1. The molecule has 0 amide bonds. The van der Waals surface area contributed by atoms with Crippen molar-refractivity contribution in [2.75, 3.05) is 5.32 Å². The van der Waals surface area contributed by atoms with Gasteiger partial charge in [-0.25, -0.2) is 0 Å². The molecule has 0 unspecified atom stereocenters. The molecule has 1 aromatic heterocycles. The Morgan fingerprint density at radius 1 is 1.00 bits per heavy atom. The van der Waals surface area contributed by atoms with Gasteiger partial charge in [0.05, 0.1) is 5.52 Å². The fourth-order valence-electron chi connectivity index (χ4n) is 1.97. The fourth-order valence-corrected chi connectivity index (χ4v) is 2.50. The summed E-state index contributed by atoms with van der Waals surface area (Å²) in [6.07, 6.45) is 0. The van der Waals surface area contributed by atoms with Crippen molar-refractivity contribution in [3.8, 4) is 0 Å². The predicted octanol–water partition coefficient (Wildman–Crippen LogP) is 4.48. The summed E-state index contributed by atoms with van der Waals surface area (Å²) in [7, 11) is 0. The van der Waals surface area contributed by atoms with Gasteiger partial charge in [-0.2, -0.15) is 5.10 Å². The molecular formula is C14H11Cl2N3. The second kappa shape index (κ2) is 5.11. The number of para-hydroxylation sites is 1. The van der Waals surface area contributed by atoms with Crippen molar-refractivity contribution in [3.63, 3.8) is 0 Å². The highest BCUT2D eigenvalue weighted by Gasteiger charge is 2.08. The van der Waals surface area contributed by atoms with Crippen molar-refractivity contribution in [1.29, 1.82) is 0 Å². The van der Waals surface area contributed by atoms with Crippen LogP contribution in [-0.4, -0.2) is 10.2 Å². The number of rotatable bonds is 3. The lowest BCUT2D eigenvalue weighted by atomic mass is 10.2. The minimum Gasteiger partial charge on any atom is -0.364 e. The smallest absolute Gasteiger partial charge is 0.155 e. The highest BCUT2D eigenvalue weighted by atomic mass is 35.5. The zero-order valence-corrected chi connectivity index (χ0v) is 11.5. The van der Waals surface area contributed by atoms with Crippen LogP contribution in [0.3, 0.4) is 0 Å². The number of nitrogens with zero attached hydrogens (tertiary/aromatic N) is 1. The number of aromatic amines is 1. The number of halogens is 2. The molecule has 3 rings (SSSR count). The molecule has 0 bridgehead atoms. The second-order valence-electron chi connectivity index (χ2n) is 4.17. The Kier molecular flexibility index (Phi) is 3.32. The number of aromatic nitrogens is 2. The van der Waals surface area contributed by atoms with Crippen molar-refractivity contribution >= 4 is 39.9 Å². The van der Waals surface area contributed by atoms with E-state index in [0.717, 1.165) is 22.3 Å². The molecule has 19 heavy (non-hydrogen) atoms. The van der Waals surface area contributed by atoms with E-state index in [4.69, 9.17) is 23.2 Å². The Labute approximate surface area is 120 Å². The predicted molar refractivity (Wildman–Crippen MR) is 79.9 cm³/mol. The first-order valence-electron chi connectivity index (χ1n) is 5.85. The Morgan fingerprint density at radius 2 is 1.74 bits per heavy atom. The van der Waals surface area contributed by atoms with Gasteiger partial charge in [-0.3, -0.25) is 5.10 Å². The molecule has 0 fully saturated rings. The van der Waals surface area contributed by atoms with E-state index in [0.29, 0.717) is 16.6 Å². The van der Waals surface area contributed by atoms with E-state index in [1.54, 1.807) is 0 Å². The van der Waals surface area contributed by atoms with Crippen molar-refractivity contribution < 1.29 is 0 Å². The van der Waals surface area contributed by atoms with Gasteiger partial charge in [0.25, 0.3) is 0 Å². The van der Waals surface area contributed by atoms with E-state index in [-0.39, 0.29) is 0 Å². The van der Waals surface area contributed by atoms with Gasteiger partial charge in [0.15, 0.2) is 5.82 Å². The molecule has 5 heteroatoms. The summed E-state index contributed by atoms with van der Waals surface area (Å²) in [4.78, 5) is 0. The SMILES string of the molecule is Clc1cccc(Cl)c1CNc1n[nH]c2ccccc12. The van der Waals surface area contributed by atoms with Crippen LogP contribution in [0.5, 0.6) is 0 Å². The van der Waals surface area contributed by atoms with Crippen LogP contribution in [0.1, 0.15) is 5.56 Å². The molecule has 0 aliphatic rings. The number of hydrogen-bond acceptors (Lipinski definition) is 2. The third-order valence-corrected chi connectivity index (χ3v) is 3.67. The summed E-state index contributed by atoms with van der Waals surface area (Å²) in [6, 6.07) is 13.4. The summed E-state index contributed by atoms with van der Waals surface area (Å²) >= 11 is 12.3. The lowest BCUT2D eigenvalue weighted by molar-refractivity contribution is 1.06. The molecule has 0 spiro atoms. The van der Waals surface area contributed by atoms with Crippen LogP contribution in [-0.2, 0) is 6.54 Å². The molecule has 1 heterocycles. The molecular weight excluding hydrogens is 281 g/mol. The molecule has 0 aliphatic carbocycles. The molecule has 3 nitrogen and oxygen atoms in total. The fraction of sp³-hybridized carbons (Fsp3) is 0.0714. The van der Waals surface area contributed by atoms with Crippen LogP contribution in [0, 0.1) is 0 Å². The number of benzene rings is 2. The second-order valence-corrected chi connectivity index (χ2v) is 4.99. The van der Waals surface area contributed by atoms with E-state index in [1.165, 1.54) is 0 Å². The first-order valence-corrected chi connectivity index (χ1v) is 6.61. The highest BCUT2D eigenvalue weighted by Crippen LogP contribution is 2.26. The van der Waals surface area contributed by atoms with Crippen LogP contribution in [0.2, 0.25) is 10.0 Å². The Hall–Kier alpha value is -1.71. The maximum atomic E-state index is 6.14. The number of fused-ring (bicyclic) bond motifs is 1. The molecule has 0 radical (unpaired) electrons. The standard InChI is InChI=1S/C14H11Cl2N3/c15-11-5-3-6-12(16)10(11)8-17-14-9-4-1-2-7-13(9)18-19-14/h1-7H,8H2,(H2,17,18,19). The van der Waals surface area contributed by atoms with E-state index in [2.05, 4.69) is 15.5 Å². The molecule has 0 aliphatic heterocycles.